The van der Waals surface area contributed by atoms with Crippen molar-refractivity contribution in [1.82, 2.24) is 0 Å². The summed E-state index contributed by atoms with van der Waals surface area (Å²) in [5.41, 5.74) is 4.01. The summed E-state index contributed by atoms with van der Waals surface area (Å²) in [5, 5.41) is 6.65. The van der Waals surface area contributed by atoms with Gasteiger partial charge in [-0.25, -0.2) is 5.01 Å². The Morgan fingerprint density at radius 2 is 1.35 bits per heavy atom. The minimum absolute atomic E-state index is 0.793. The highest BCUT2D eigenvalue weighted by atomic mass is 16.5. The van der Waals surface area contributed by atoms with E-state index in [0.717, 1.165) is 28.4 Å². The number of para-hydroxylation sites is 2. The van der Waals surface area contributed by atoms with Crippen molar-refractivity contribution in [2.45, 2.75) is 0 Å². The van der Waals surface area contributed by atoms with E-state index in [9.17, 15) is 0 Å². The predicted molar refractivity (Wildman–Crippen MR) is 110 cm³/mol. The highest BCUT2D eigenvalue weighted by molar-refractivity contribution is 5.86. The molecule has 0 aliphatic rings. The Morgan fingerprint density at radius 1 is 0.769 bits per heavy atom. The number of nitrogens with zero attached hydrogens (tertiary/aromatic N) is 3. The van der Waals surface area contributed by atoms with E-state index in [1.54, 1.807) is 7.11 Å². The van der Waals surface area contributed by atoms with Crippen LogP contribution in [-0.4, -0.2) is 27.4 Å². The quantitative estimate of drug-likeness (QED) is 0.468. The molecule has 0 aromatic heterocycles. The molecule has 0 atom stereocenters. The molecule has 0 aliphatic carbocycles. The van der Waals surface area contributed by atoms with E-state index in [-0.39, 0.29) is 0 Å². The van der Waals surface area contributed by atoms with Gasteiger partial charge in [-0.05, 0) is 36.4 Å². The van der Waals surface area contributed by atoms with E-state index in [4.69, 9.17) is 9.84 Å². The molecule has 0 bridgehead atoms. The second kappa shape index (κ2) is 8.21. The van der Waals surface area contributed by atoms with E-state index in [1.807, 2.05) is 103 Å². The van der Waals surface area contributed by atoms with Crippen LogP contribution in [0.1, 0.15) is 5.56 Å². The van der Waals surface area contributed by atoms with Crippen LogP contribution in [0, 0.1) is 0 Å². The van der Waals surface area contributed by atoms with Crippen LogP contribution >= 0.6 is 0 Å². The van der Waals surface area contributed by atoms with Gasteiger partial charge in [-0.1, -0.05) is 36.4 Å². The normalized spacial score (nSPS) is 10.7. The lowest BCUT2D eigenvalue weighted by atomic mass is 10.2. The molecule has 3 aromatic rings. The zero-order valence-electron chi connectivity index (χ0n) is 15.3. The topological polar surface area (TPSA) is 28.1 Å². The summed E-state index contributed by atoms with van der Waals surface area (Å²) in [4.78, 5) is 2.05. The van der Waals surface area contributed by atoms with Crippen molar-refractivity contribution in [3.8, 4) is 5.75 Å². The first-order valence-electron chi connectivity index (χ1n) is 8.48. The first kappa shape index (κ1) is 17.5. The Bertz CT molecular complexity index is 822. The molecule has 0 aliphatic heterocycles. The van der Waals surface area contributed by atoms with E-state index < -0.39 is 0 Å². The Hall–Kier alpha value is -3.27. The molecule has 3 rings (SSSR count). The number of ether oxygens (including phenoxy) is 1. The van der Waals surface area contributed by atoms with Crippen molar-refractivity contribution >= 4 is 23.3 Å². The van der Waals surface area contributed by atoms with Crippen molar-refractivity contribution in [1.29, 1.82) is 0 Å². The molecule has 4 nitrogen and oxygen atoms in total. The smallest absolute Gasteiger partial charge is 0.129 e. The average Bonchev–Trinajstić information content (AvgIpc) is 2.69. The zero-order valence-corrected chi connectivity index (χ0v) is 15.3. The molecule has 132 valence electrons. The van der Waals surface area contributed by atoms with Crippen LogP contribution in [0.15, 0.2) is 84.0 Å². The second-order valence-electron chi connectivity index (χ2n) is 6.05. The van der Waals surface area contributed by atoms with Gasteiger partial charge in [-0.2, -0.15) is 5.10 Å². The lowest BCUT2D eigenvalue weighted by Crippen LogP contribution is -2.10. The molecular weight excluding hydrogens is 322 g/mol. The third kappa shape index (κ3) is 4.03. The van der Waals surface area contributed by atoms with Crippen molar-refractivity contribution in [3.63, 3.8) is 0 Å². The number of hydrogen-bond donors (Lipinski definition) is 0. The zero-order chi connectivity index (χ0) is 18.4. The monoisotopic (exact) mass is 345 g/mol. The van der Waals surface area contributed by atoms with E-state index in [2.05, 4.69) is 6.07 Å². The number of hydrogen-bond acceptors (Lipinski definition) is 4. The highest BCUT2D eigenvalue weighted by Gasteiger charge is 2.08. The van der Waals surface area contributed by atoms with Gasteiger partial charge in [0.1, 0.15) is 5.75 Å². The Kier molecular flexibility index (Phi) is 5.54. The van der Waals surface area contributed by atoms with E-state index >= 15 is 0 Å². The maximum Gasteiger partial charge on any atom is 0.129 e. The second-order valence-corrected chi connectivity index (χ2v) is 6.05. The van der Waals surface area contributed by atoms with E-state index in [0.29, 0.717) is 0 Å². The maximum atomic E-state index is 5.54. The first-order chi connectivity index (χ1) is 12.7. The Morgan fingerprint density at radius 3 is 1.85 bits per heavy atom. The lowest BCUT2D eigenvalue weighted by molar-refractivity contribution is 0.414. The van der Waals surface area contributed by atoms with Crippen molar-refractivity contribution in [2.75, 3.05) is 31.1 Å². The van der Waals surface area contributed by atoms with Crippen LogP contribution in [0.5, 0.6) is 5.75 Å². The molecule has 0 saturated heterocycles. The lowest BCUT2D eigenvalue weighted by Gasteiger charge is -2.19. The standard InChI is InChI=1S/C22H23N3O/c1-24(2)21-15-14-18(22(16-21)26-3)17-23-25(19-10-6-4-7-11-19)20-12-8-5-9-13-20/h4-17H,1-3H3/b23-17+. The largest absolute Gasteiger partial charge is 0.496 e. The van der Waals surface area contributed by atoms with Crippen LogP contribution in [0.4, 0.5) is 17.1 Å². The third-order valence-electron chi connectivity index (χ3n) is 4.05. The van der Waals surface area contributed by atoms with Gasteiger partial charge >= 0.3 is 0 Å². The molecule has 0 spiro atoms. The molecule has 3 aromatic carbocycles. The molecule has 0 fully saturated rings. The van der Waals surface area contributed by atoms with Gasteiger partial charge in [-0.15, -0.1) is 0 Å². The number of benzene rings is 3. The number of methoxy groups -OCH3 is 1. The first-order valence-corrected chi connectivity index (χ1v) is 8.48. The number of anilines is 3. The average molecular weight is 345 g/mol. The predicted octanol–water partition coefficient (Wildman–Crippen LogP) is 4.93. The van der Waals surface area contributed by atoms with E-state index in [1.165, 1.54) is 0 Å². The SMILES string of the molecule is COc1cc(N(C)C)ccc1/C=N/N(c1ccccc1)c1ccccc1. The summed E-state index contributed by atoms with van der Waals surface area (Å²) in [5.74, 6) is 0.793. The molecular formula is C22H23N3O. The fourth-order valence-electron chi connectivity index (χ4n) is 2.63. The van der Waals surface area contributed by atoms with Gasteiger partial charge < -0.3 is 9.64 Å². The number of rotatable bonds is 6. The Labute approximate surface area is 155 Å². The minimum Gasteiger partial charge on any atom is -0.496 e. The summed E-state index contributed by atoms with van der Waals surface area (Å²) in [6, 6.07) is 26.3. The summed E-state index contributed by atoms with van der Waals surface area (Å²) in [6.07, 6.45) is 1.83. The van der Waals surface area contributed by atoms with Crippen molar-refractivity contribution in [2.24, 2.45) is 5.10 Å². The molecule has 4 heteroatoms. The van der Waals surface area contributed by atoms with Crippen molar-refractivity contribution < 1.29 is 4.74 Å². The molecule has 0 N–H and O–H groups in total. The number of hydrazone groups is 1. The Balaban J connectivity index is 1.97. The van der Waals surface area contributed by atoms with Crippen LogP contribution in [0.25, 0.3) is 0 Å². The summed E-state index contributed by atoms with van der Waals surface area (Å²) >= 11 is 0. The van der Waals surface area contributed by atoms with Gasteiger partial charge in [0.15, 0.2) is 0 Å². The van der Waals surface area contributed by atoms with Crippen LogP contribution in [0.3, 0.4) is 0 Å². The van der Waals surface area contributed by atoms with Crippen LogP contribution in [-0.2, 0) is 0 Å². The van der Waals surface area contributed by atoms with Gasteiger partial charge in [0, 0.05) is 31.4 Å². The molecule has 26 heavy (non-hydrogen) atoms. The van der Waals surface area contributed by atoms with Gasteiger partial charge in [-0.3, -0.25) is 0 Å². The molecule has 0 amide bonds. The highest BCUT2D eigenvalue weighted by Crippen LogP contribution is 2.27. The molecule has 0 radical (unpaired) electrons. The summed E-state index contributed by atoms with van der Waals surface area (Å²) in [6.45, 7) is 0. The molecule has 0 unspecified atom stereocenters. The van der Waals surface area contributed by atoms with Gasteiger partial charge in [0.2, 0.25) is 0 Å². The van der Waals surface area contributed by atoms with Crippen molar-refractivity contribution in [3.05, 3.63) is 84.4 Å². The van der Waals surface area contributed by atoms with Crippen LogP contribution < -0.4 is 14.6 Å². The molecule has 0 saturated carbocycles. The fourth-order valence-corrected chi connectivity index (χ4v) is 2.63. The maximum absolute atomic E-state index is 5.54. The van der Waals surface area contributed by atoms with Gasteiger partial charge in [0.25, 0.3) is 0 Å². The minimum atomic E-state index is 0.793. The van der Waals surface area contributed by atoms with Gasteiger partial charge in [0.05, 0.1) is 24.7 Å². The fraction of sp³-hybridized carbons (Fsp3) is 0.136. The summed E-state index contributed by atoms with van der Waals surface area (Å²) < 4.78 is 5.54. The van der Waals surface area contributed by atoms with Crippen LogP contribution in [0.2, 0.25) is 0 Å². The summed E-state index contributed by atoms with van der Waals surface area (Å²) in [7, 11) is 5.70. The molecule has 0 heterocycles. The third-order valence-corrected chi connectivity index (χ3v) is 4.05.